The van der Waals surface area contributed by atoms with E-state index in [0.717, 1.165) is 47.9 Å². The third-order valence-electron chi connectivity index (χ3n) is 8.42. The largest absolute Gasteiger partial charge is 0.351 e. The van der Waals surface area contributed by atoms with Gasteiger partial charge in [0.15, 0.2) is 10.8 Å². The Bertz CT molecular complexity index is 1290. The zero-order valence-corrected chi connectivity index (χ0v) is 23.9. The minimum absolute atomic E-state index is 0.0566. The smallest absolute Gasteiger partial charge is 0.243 e. The fraction of sp³-hybridized carbons (Fsp3) is 0.484. The van der Waals surface area contributed by atoms with Crippen LogP contribution in [-0.4, -0.2) is 65.2 Å². The first kappa shape index (κ1) is 28.4. The summed E-state index contributed by atoms with van der Waals surface area (Å²) in [5.74, 6) is -0.123. The Hall–Kier alpha value is -3.14. The van der Waals surface area contributed by atoms with Crippen LogP contribution in [-0.2, 0) is 16.0 Å². The average molecular weight is 562 g/mol. The number of fused-ring (bicyclic) bond motifs is 1. The van der Waals surface area contributed by atoms with Crippen molar-refractivity contribution in [2.45, 2.75) is 75.5 Å². The van der Waals surface area contributed by atoms with E-state index < -0.39 is 12.1 Å². The molecule has 2 amide bonds. The number of benzene rings is 2. The molecule has 2 aliphatic rings. The number of rotatable bonds is 10. The number of likely N-dealkylation sites (N-methyl/N-ethyl adjacent to an activating group) is 1. The highest BCUT2D eigenvalue weighted by Gasteiger charge is 2.39. The number of hydrogen-bond donors (Lipinski definition) is 3. The summed E-state index contributed by atoms with van der Waals surface area (Å²) in [5, 5.41) is 6.86. The summed E-state index contributed by atoms with van der Waals surface area (Å²) >= 11 is 1.40. The number of ketones is 1. The number of thiazole rings is 1. The van der Waals surface area contributed by atoms with E-state index in [0.29, 0.717) is 24.4 Å². The van der Waals surface area contributed by atoms with E-state index in [1.807, 2.05) is 54.6 Å². The summed E-state index contributed by atoms with van der Waals surface area (Å²) in [7, 11) is 1.79. The van der Waals surface area contributed by atoms with Gasteiger partial charge in [-0.15, -0.1) is 11.3 Å². The second kappa shape index (κ2) is 13.0. The molecule has 2 aromatic carbocycles. The Kier molecular flexibility index (Phi) is 9.24. The summed E-state index contributed by atoms with van der Waals surface area (Å²) < 4.78 is 0.977. The van der Waals surface area contributed by atoms with Crippen molar-refractivity contribution >= 4 is 39.2 Å². The molecule has 212 valence electrons. The van der Waals surface area contributed by atoms with Gasteiger partial charge in [0.1, 0.15) is 6.04 Å². The predicted molar refractivity (Wildman–Crippen MR) is 158 cm³/mol. The van der Waals surface area contributed by atoms with E-state index >= 15 is 0 Å². The van der Waals surface area contributed by atoms with Gasteiger partial charge in [0.2, 0.25) is 11.8 Å². The molecule has 1 saturated heterocycles. The molecular formula is C31H39N5O3S. The lowest BCUT2D eigenvalue weighted by Gasteiger charge is -2.34. The molecule has 1 aliphatic carbocycles. The summed E-state index contributed by atoms with van der Waals surface area (Å²) in [6.45, 7) is 0.553. The fourth-order valence-corrected chi connectivity index (χ4v) is 7.02. The Balaban J connectivity index is 1.29. The van der Waals surface area contributed by atoms with Crippen LogP contribution in [0.2, 0.25) is 0 Å². The van der Waals surface area contributed by atoms with E-state index in [1.54, 1.807) is 11.9 Å². The van der Waals surface area contributed by atoms with E-state index in [9.17, 15) is 14.4 Å². The van der Waals surface area contributed by atoms with Gasteiger partial charge in [0.05, 0.1) is 16.3 Å². The van der Waals surface area contributed by atoms with Gasteiger partial charge < -0.3 is 21.3 Å². The third kappa shape index (κ3) is 6.59. The number of Topliss-reactive ketones (excluding diaryl/α,β-unsaturated/α-hetero) is 1. The molecule has 5 rings (SSSR count). The molecule has 40 heavy (non-hydrogen) atoms. The van der Waals surface area contributed by atoms with Crippen LogP contribution in [0.3, 0.4) is 0 Å². The molecule has 3 aromatic rings. The van der Waals surface area contributed by atoms with Gasteiger partial charge in [0, 0.05) is 25.0 Å². The van der Waals surface area contributed by atoms with Gasteiger partial charge in [0.25, 0.3) is 0 Å². The molecule has 0 bridgehead atoms. The van der Waals surface area contributed by atoms with Gasteiger partial charge >= 0.3 is 0 Å². The highest BCUT2D eigenvalue weighted by Crippen LogP contribution is 2.30. The van der Waals surface area contributed by atoms with Crippen molar-refractivity contribution in [3.8, 4) is 0 Å². The third-order valence-corrected chi connectivity index (χ3v) is 9.50. The molecule has 9 heteroatoms. The standard InChI is InChI=1S/C31H39N5O3S/c1-33-25(18-20-8-3-2-4-9-20)31(39)36-17-7-11-26(36)29(38)34-24(21-13-15-22(32)16-14-21)19-27(37)30-35-23-10-5-6-12-28(23)40-30/h2-6,8-10,12,21-22,24-26,33H,7,11,13-19,32H2,1H3,(H,34,38)/t21?,22?,24-,25-,26+/m1/s1. The van der Waals surface area contributed by atoms with Crippen LogP contribution >= 0.6 is 11.3 Å². The summed E-state index contributed by atoms with van der Waals surface area (Å²) in [5.41, 5.74) is 8.05. The van der Waals surface area contributed by atoms with Crippen molar-refractivity contribution in [2.24, 2.45) is 11.7 Å². The summed E-state index contributed by atoms with van der Waals surface area (Å²) in [4.78, 5) is 47.0. The maximum absolute atomic E-state index is 13.7. The molecule has 4 N–H and O–H groups in total. The van der Waals surface area contributed by atoms with E-state index in [-0.39, 0.29) is 42.0 Å². The lowest BCUT2D eigenvalue weighted by atomic mass is 9.80. The van der Waals surface area contributed by atoms with Crippen LogP contribution < -0.4 is 16.4 Å². The van der Waals surface area contributed by atoms with Crippen molar-refractivity contribution in [3.05, 3.63) is 65.2 Å². The fourth-order valence-electron chi connectivity index (χ4n) is 6.11. The number of nitrogens with two attached hydrogens (primary N) is 1. The van der Waals surface area contributed by atoms with Gasteiger partial charge in [-0.1, -0.05) is 42.5 Å². The molecule has 3 atom stereocenters. The first-order valence-corrected chi connectivity index (χ1v) is 15.2. The minimum Gasteiger partial charge on any atom is -0.351 e. The monoisotopic (exact) mass is 561 g/mol. The Morgan fingerprint density at radius 3 is 2.48 bits per heavy atom. The zero-order valence-electron chi connectivity index (χ0n) is 23.1. The number of nitrogens with zero attached hydrogens (tertiary/aromatic N) is 2. The predicted octanol–water partition coefficient (Wildman–Crippen LogP) is 3.69. The van der Waals surface area contributed by atoms with Crippen molar-refractivity contribution < 1.29 is 14.4 Å². The zero-order chi connectivity index (χ0) is 28.1. The summed E-state index contributed by atoms with van der Waals surface area (Å²) in [6.07, 6.45) is 5.64. The molecule has 8 nitrogen and oxygen atoms in total. The molecular weight excluding hydrogens is 522 g/mol. The average Bonchev–Trinajstić information content (AvgIpc) is 3.64. The van der Waals surface area contributed by atoms with Gasteiger partial charge in [-0.2, -0.15) is 0 Å². The van der Waals surface area contributed by atoms with Crippen molar-refractivity contribution in [1.29, 1.82) is 0 Å². The minimum atomic E-state index is -0.537. The Morgan fingerprint density at radius 2 is 1.75 bits per heavy atom. The molecule has 0 spiro atoms. The molecule has 0 radical (unpaired) electrons. The van der Waals surface area contributed by atoms with Crippen molar-refractivity contribution in [1.82, 2.24) is 20.5 Å². The second-order valence-electron chi connectivity index (χ2n) is 11.1. The SMILES string of the molecule is CN[C@H](Cc1ccccc1)C(=O)N1CCC[C@H]1C(=O)N[C@H](CC(=O)c1nc2ccccc2s1)C1CCC(N)CC1. The topological polar surface area (TPSA) is 117 Å². The van der Waals surface area contributed by atoms with E-state index in [4.69, 9.17) is 5.73 Å². The number of aromatic nitrogens is 1. The number of hydrogen-bond acceptors (Lipinski definition) is 7. The number of para-hydroxylation sites is 1. The van der Waals surface area contributed by atoms with Crippen LogP contribution in [0.25, 0.3) is 10.2 Å². The van der Waals surface area contributed by atoms with E-state index in [1.165, 1.54) is 11.3 Å². The van der Waals surface area contributed by atoms with Crippen molar-refractivity contribution in [3.63, 3.8) is 0 Å². The van der Waals surface area contributed by atoms with Crippen LogP contribution in [0, 0.1) is 5.92 Å². The highest BCUT2D eigenvalue weighted by atomic mass is 32.1. The van der Waals surface area contributed by atoms with E-state index in [2.05, 4.69) is 15.6 Å². The molecule has 0 unspecified atom stereocenters. The van der Waals surface area contributed by atoms with Crippen LogP contribution in [0.1, 0.15) is 60.3 Å². The summed E-state index contributed by atoms with van der Waals surface area (Å²) in [6, 6.07) is 16.5. The Morgan fingerprint density at radius 1 is 1.02 bits per heavy atom. The molecule has 2 fully saturated rings. The maximum Gasteiger partial charge on any atom is 0.243 e. The molecule has 2 heterocycles. The lowest BCUT2D eigenvalue weighted by Crippen LogP contribution is -2.55. The molecule has 1 aliphatic heterocycles. The highest BCUT2D eigenvalue weighted by molar-refractivity contribution is 7.20. The van der Waals surface area contributed by atoms with Crippen molar-refractivity contribution in [2.75, 3.05) is 13.6 Å². The number of carbonyl (C=O) groups is 3. The number of likely N-dealkylation sites (tertiary alicyclic amines) is 1. The quantitative estimate of drug-likeness (QED) is 0.325. The molecule has 1 saturated carbocycles. The lowest BCUT2D eigenvalue weighted by molar-refractivity contribution is -0.140. The van der Waals surface area contributed by atoms with Crippen LogP contribution in [0.5, 0.6) is 0 Å². The number of amides is 2. The first-order valence-electron chi connectivity index (χ1n) is 14.4. The number of nitrogens with one attached hydrogen (secondary N) is 2. The molecule has 1 aromatic heterocycles. The Labute approximate surface area is 239 Å². The van der Waals surface area contributed by atoms with Gasteiger partial charge in [-0.05, 0) is 75.6 Å². The maximum atomic E-state index is 13.7. The number of carbonyl (C=O) groups excluding carboxylic acids is 3. The second-order valence-corrected chi connectivity index (χ2v) is 12.2. The van der Waals surface area contributed by atoms with Crippen LogP contribution in [0.15, 0.2) is 54.6 Å². The van der Waals surface area contributed by atoms with Gasteiger partial charge in [-0.25, -0.2) is 4.98 Å². The first-order chi connectivity index (χ1) is 19.4. The normalized spacial score (nSPS) is 22.6. The van der Waals surface area contributed by atoms with Crippen LogP contribution in [0.4, 0.5) is 0 Å². The van der Waals surface area contributed by atoms with Gasteiger partial charge in [-0.3, -0.25) is 14.4 Å².